The first-order valence-corrected chi connectivity index (χ1v) is 8.79. The van der Waals surface area contributed by atoms with Crippen LogP contribution in [-0.4, -0.2) is 23.6 Å². The van der Waals surface area contributed by atoms with Crippen LogP contribution in [0.5, 0.6) is 5.75 Å². The number of carbonyl (C=O) groups is 2. The number of imide groups is 1. The van der Waals surface area contributed by atoms with Gasteiger partial charge in [-0.15, -0.1) is 0 Å². The Morgan fingerprint density at radius 3 is 2.82 bits per heavy atom. The molecule has 2 aliphatic rings. The molecule has 6 nitrogen and oxygen atoms in total. The van der Waals surface area contributed by atoms with Gasteiger partial charge >= 0.3 is 6.03 Å². The van der Waals surface area contributed by atoms with Gasteiger partial charge in [-0.3, -0.25) is 9.69 Å². The Kier molecular flexibility index (Phi) is 4.47. The third-order valence-corrected chi connectivity index (χ3v) is 5.04. The molecule has 146 valence electrons. The van der Waals surface area contributed by atoms with Crippen LogP contribution in [-0.2, 0) is 28.2 Å². The number of carbonyl (C=O) groups excluding carboxylic acids is 2. The molecule has 0 aromatic heterocycles. The number of rotatable bonds is 3. The van der Waals surface area contributed by atoms with E-state index in [0.29, 0.717) is 21.9 Å². The lowest BCUT2D eigenvalue weighted by molar-refractivity contribution is -0.131. The maximum absolute atomic E-state index is 14.3. The highest BCUT2D eigenvalue weighted by Crippen LogP contribution is 2.36. The van der Waals surface area contributed by atoms with Crippen LogP contribution in [0.4, 0.5) is 13.6 Å². The number of nitrogens with one attached hydrogen (secondary N) is 1. The predicted octanol–water partition coefficient (Wildman–Crippen LogP) is 3.45. The highest BCUT2D eigenvalue weighted by Gasteiger charge is 2.50. The second-order valence-electron chi connectivity index (χ2n) is 6.73. The molecule has 1 N–H and O–H groups in total. The molecule has 2 aromatic rings. The van der Waals surface area contributed by atoms with Crippen molar-refractivity contribution in [1.29, 1.82) is 0 Å². The molecule has 0 spiro atoms. The maximum Gasteiger partial charge on any atom is 0.325 e. The average Bonchev–Trinajstić information content (AvgIpc) is 2.87. The van der Waals surface area contributed by atoms with E-state index in [2.05, 4.69) is 5.32 Å². The Morgan fingerprint density at radius 1 is 1.25 bits per heavy atom. The molecule has 3 amide bonds. The predicted molar refractivity (Wildman–Crippen MR) is 94.5 cm³/mol. The van der Waals surface area contributed by atoms with Crippen molar-refractivity contribution >= 4 is 23.5 Å². The van der Waals surface area contributed by atoms with E-state index in [-0.39, 0.29) is 25.5 Å². The summed E-state index contributed by atoms with van der Waals surface area (Å²) >= 11 is 6.12. The molecule has 0 saturated carbocycles. The number of halogens is 3. The SMILES string of the molecule is CC1(c2cc(F)ccc2F)NC(=O)N(Cc2cc(Cl)cc3c2OCOC3)C1=O. The standard InChI is InChI=1S/C19H15ClF2N2O4/c1-19(14-6-13(21)2-3-15(14)22)17(25)24(18(26)23-19)7-10-4-12(20)5-11-8-27-9-28-16(10)11/h2-6H,7-9H2,1H3,(H,23,26). The van der Waals surface area contributed by atoms with Gasteiger partial charge in [0.05, 0.1) is 13.2 Å². The zero-order chi connectivity index (χ0) is 20.1. The number of benzene rings is 2. The number of nitrogens with zero attached hydrogens (tertiary/aromatic N) is 1. The molecule has 2 heterocycles. The third-order valence-electron chi connectivity index (χ3n) is 4.82. The van der Waals surface area contributed by atoms with Gasteiger partial charge in [0.25, 0.3) is 5.91 Å². The van der Waals surface area contributed by atoms with Crippen LogP contribution >= 0.6 is 11.6 Å². The number of hydrogen-bond acceptors (Lipinski definition) is 4. The molecule has 4 rings (SSSR count). The summed E-state index contributed by atoms with van der Waals surface area (Å²) in [6.07, 6.45) is 0. The first-order valence-electron chi connectivity index (χ1n) is 8.41. The molecule has 1 unspecified atom stereocenters. The van der Waals surface area contributed by atoms with Crippen LogP contribution < -0.4 is 10.1 Å². The molecule has 0 aliphatic carbocycles. The molecule has 0 radical (unpaired) electrons. The fourth-order valence-electron chi connectivity index (χ4n) is 3.45. The number of amides is 3. The second kappa shape index (κ2) is 6.72. The van der Waals surface area contributed by atoms with E-state index in [9.17, 15) is 18.4 Å². The summed E-state index contributed by atoms with van der Waals surface area (Å²) in [6.45, 7) is 1.52. The maximum atomic E-state index is 14.3. The van der Waals surface area contributed by atoms with Crippen molar-refractivity contribution in [3.8, 4) is 5.75 Å². The first kappa shape index (κ1) is 18.6. The van der Waals surface area contributed by atoms with Gasteiger partial charge in [0, 0.05) is 21.7 Å². The fourth-order valence-corrected chi connectivity index (χ4v) is 3.71. The molecule has 1 atom stereocenters. The monoisotopic (exact) mass is 408 g/mol. The molecule has 28 heavy (non-hydrogen) atoms. The highest BCUT2D eigenvalue weighted by atomic mass is 35.5. The van der Waals surface area contributed by atoms with Gasteiger partial charge < -0.3 is 14.8 Å². The summed E-state index contributed by atoms with van der Waals surface area (Å²) in [6, 6.07) is 5.30. The van der Waals surface area contributed by atoms with Crippen molar-refractivity contribution in [2.24, 2.45) is 0 Å². The molecular weight excluding hydrogens is 394 g/mol. The number of fused-ring (bicyclic) bond motifs is 1. The van der Waals surface area contributed by atoms with Crippen molar-refractivity contribution < 1.29 is 27.8 Å². The average molecular weight is 409 g/mol. The number of hydrogen-bond donors (Lipinski definition) is 1. The van der Waals surface area contributed by atoms with Crippen molar-refractivity contribution in [2.75, 3.05) is 6.79 Å². The first-order chi connectivity index (χ1) is 13.3. The molecule has 1 saturated heterocycles. The lowest BCUT2D eigenvalue weighted by Crippen LogP contribution is -2.41. The largest absolute Gasteiger partial charge is 0.467 e. The van der Waals surface area contributed by atoms with E-state index in [1.807, 2.05) is 0 Å². The Labute approximate surface area is 164 Å². The van der Waals surface area contributed by atoms with Gasteiger partial charge in [-0.2, -0.15) is 0 Å². The van der Waals surface area contributed by atoms with Gasteiger partial charge in [0.1, 0.15) is 22.9 Å². The van der Waals surface area contributed by atoms with Gasteiger partial charge in [-0.1, -0.05) is 11.6 Å². The molecule has 9 heteroatoms. The Balaban J connectivity index is 1.69. The smallest absolute Gasteiger partial charge is 0.325 e. The normalized spacial score (nSPS) is 21.4. The number of ether oxygens (including phenoxy) is 2. The van der Waals surface area contributed by atoms with Crippen molar-refractivity contribution in [1.82, 2.24) is 10.2 Å². The summed E-state index contributed by atoms with van der Waals surface area (Å²) in [5.74, 6) is -1.72. The molecular formula is C19H15ClF2N2O4. The summed E-state index contributed by atoms with van der Waals surface area (Å²) in [4.78, 5) is 26.4. The van der Waals surface area contributed by atoms with Crippen molar-refractivity contribution in [3.63, 3.8) is 0 Å². The minimum Gasteiger partial charge on any atom is -0.467 e. The van der Waals surface area contributed by atoms with Crippen LogP contribution in [0.1, 0.15) is 23.6 Å². The van der Waals surface area contributed by atoms with Gasteiger partial charge in [-0.05, 0) is 37.3 Å². The molecule has 2 aliphatic heterocycles. The Bertz CT molecular complexity index is 1000. The van der Waals surface area contributed by atoms with Gasteiger partial charge in [-0.25, -0.2) is 13.6 Å². The van der Waals surface area contributed by atoms with Gasteiger partial charge in [0.15, 0.2) is 6.79 Å². The topological polar surface area (TPSA) is 67.9 Å². The van der Waals surface area contributed by atoms with E-state index in [1.54, 1.807) is 12.1 Å². The van der Waals surface area contributed by atoms with Crippen LogP contribution in [0, 0.1) is 11.6 Å². The molecule has 2 aromatic carbocycles. The fraction of sp³-hybridized carbons (Fsp3) is 0.263. The van der Waals surface area contributed by atoms with E-state index >= 15 is 0 Å². The molecule has 0 bridgehead atoms. The third kappa shape index (κ3) is 2.98. The summed E-state index contributed by atoms with van der Waals surface area (Å²) < 4.78 is 38.6. The Morgan fingerprint density at radius 2 is 2.04 bits per heavy atom. The second-order valence-corrected chi connectivity index (χ2v) is 7.17. The lowest BCUT2D eigenvalue weighted by Gasteiger charge is -2.24. The zero-order valence-electron chi connectivity index (χ0n) is 14.7. The van der Waals surface area contributed by atoms with E-state index in [4.69, 9.17) is 21.1 Å². The van der Waals surface area contributed by atoms with E-state index < -0.39 is 29.1 Å². The lowest BCUT2D eigenvalue weighted by atomic mass is 9.91. The quantitative estimate of drug-likeness (QED) is 0.790. The minimum atomic E-state index is -1.73. The van der Waals surface area contributed by atoms with Crippen LogP contribution in [0.15, 0.2) is 30.3 Å². The van der Waals surface area contributed by atoms with Crippen LogP contribution in [0.2, 0.25) is 5.02 Å². The zero-order valence-corrected chi connectivity index (χ0v) is 15.5. The van der Waals surface area contributed by atoms with E-state index in [0.717, 1.165) is 23.1 Å². The minimum absolute atomic E-state index is 0.0357. The summed E-state index contributed by atoms with van der Waals surface area (Å²) in [7, 11) is 0. The summed E-state index contributed by atoms with van der Waals surface area (Å²) in [5.41, 5.74) is -0.768. The van der Waals surface area contributed by atoms with Crippen molar-refractivity contribution in [2.45, 2.75) is 25.6 Å². The summed E-state index contributed by atoms with van der Waals surface area (Å²) in [5, 5.41) is 2.86. The molecule has 1 fully saturated rings. The van der Waals surface area contributed by atoms with E-state index in [1.165, 1.54) is 6.92 Å². The van der Waals surface area contributed by atoms with Crippen LogP contribution in [0.25, 0.3) is 0 Å². The van der Waals surface area contributed by atoms with Crippen molar-refractivity contribution in [3.05, 3.63) is 63.7 Å². The van der Waals surface area contributed by atoms with Crippen LogP contribution in [0.3, 0.4) is 0 Å². The van der Waals surface area contributed by atoms with Gasteiger partial charge in [0.2, 0.25) is 0 Å². The number of urea groups is 1. The highest BCUT2D eigenvalue weighted by molar-refractivity contribution is 6.30. The Hall–Kier alpha value is -2.71.